The third-order valence-corrected chi connectivity index (χ3v) is 7.64. The Kier molecular flexibility index (Phi) is 8.89. The van der Waals surface area contributed by atoms with E-state index in [1.807, 2.05) is 36.4 Å². The van der Waals surface area contributed by atoms with Crippen molar-refractivity contribution in [2.45, 2.75) is 64.2 Å². The maximum Gasteiger partial charge on any atom is 0.123 e. The highest BCUT2D eigenvalue weighted by molar-refractivity contribution is 5.55. The molecule has 0 amide bonds. The van der Waals surface area contributed by atoms with E-state index in [0.717, 1.165) is 57.3 Å². The van der Waals surface area contributed by atoms with Gasteiger partial charge >= 0.3 is 0 Å². The standard InChI is InChI=1S/C36H42O2/c1-9-14-25-20-27(16-11-3)33(37)31(22-25)35(5,6)29-18-13-19-30(24-29)36(7,8)32-23-26(15-10-2)21-28(17-12-4)34(32)38/h9-13,18-24,37-38H,1-4,14-17H2,5-8H3. The Morgan fingerprint density at radius 2 is 0.947 bits per heavy atom. The van der Waals surface area contributed by atoms with Crippen LogP contribution in [-0.2, 0) is 36.5 Å². The van der Waals surface area contributed by atoms with Crippen LogP contribution >= 0.6 is 0 Å². The summed E-state index contributed by atoms with van der Waals surface area (Å²) in [6.45, 7) is 24.1. The van der Waals surface area contributed by atoms with Crippen molar-refractivity contribution < 1.29 is 10.2 Å². The Balaban J connectivity index is 2.17. The van der Waals surface area contributed by atoms with Gasteiger partial charge in [0, 0.05) is 22.0 Å². The van der Waals surface area contributed by atoms with E-state index in [1.54, 1.807) is 0 Å². The molecule has 2 N–H and O–H groups in total. The number of benzene rings is 3. The number of phenolic OH excluding ortho intramolecular Hbond substituents is 2. The Bertz CT molecular complexity index is 1250. The van der Waals surface area contributed by atoms with Crippen LogP contribution in [0.4, 0.5) is 0 Å². The van der Waals surface area contributed by atoms with Crippen molar-refractivity contribution >= 4 is 0 Å². The van der Waals surface area contributed by atoms with Gasteiger partial charge in [0.2, 0.25) is 0 Å². The molecule has 0 aliphatic carbocycles. The molecule has 38 heavy (non-hydrogen) atoms. The minimum absolute atomic E-state index is 0.316. The highest BCUT2D eigenvalue weighted by atomic mass is 16.3. The predicted octanol–water partition coefficient (Wildman–Crippen LogP) is 8.66. The maximum atomic E-state index is 11.3. The normalized spacial score (nSPS) is 11.7. The fraction of sp³-hybridized carbons (Fsp3) is 0.278. The average molecular weight is 507 g/mol. The molecule has 198 valence electrons. The largest absolute Gasteiger partial charge is 0.507 e. The van der Waals surface area contributed by atoms with Gasteiger partial charge in [-0.05, 0) is 59.1 Å². The minimum atomic E-state index is -0.468. The van der Waals surface area contributed by atoms with Gasteiger partial charge in [-0.25, -0.2) is 0 Å². The van der Waals surface area contributed by atoms with Crippen molar-refractivity contribution in [2.24, 2.45) is 0 Å². The zero-order valence-corrected chi connectivity index (χ0v) is 23.5. The van der Waals surface area contributed by atoms with Crippen LogP contribution in [0.3, 0.4) is 0 Å². The lowest BCUT2D eigenvalue weighted by Crippen LogP contribution is -2.24. The first kappa shape index (κ1) is 28.8. The molecule has 3 rings (SSSR count). The monoisotopic (exact) mass is 506 g/mol. The fourth-order valence-electron chi connectivity index (χ4n) is 5.27. The predicted molar refractivity (Wildman–Crippen MR) is 163 cm³/mol. The average Bonchev–Trinajstić information content (AvgIpc) is 2.88. The molecule has 0 heterocycles. The summed E-state index contributed by atoms with van der Waals surface area (Å²) in [4.78, 5) is 0. The topological polar surface area (TPSA) is 40.5 Å². The summed E-state index contributed by atoms with van der Waals surface area (Å²) < 4.78 is 0. The summed E-state index contributed by atoms with van der Waals surface area (Å²) >= 11 is 0. The van der Waals surface area contributed by atoms with Gasteiger partial charge in [-0.2, -0.15) is 0 Å². The van der Waals surface area contributed by atoms with E-state index >= 15 is 0 Å². The fourth-order valence-corrected chi connectivity index (χ4v) is 5.27. The van der Waals surface area contributed by atoms with Crippen molar-refractivity contribution in [1.29, 1.82) is 0 Å². The van der Waals surface area contributed by atoms with Crippen LogP contribution in [0, 0.1) is 0 Å². The van der Waals surface area contributed by atoms with Gasteiger partial charge in [-0.1, -0.05) is 101 Å². The van der Waals surface area contributed by atoms with Crippen molar-refractivity contribution in [1.82, 2.24) is 0 Å². The van der Waals surface area contributed by atoms with Crippen molar-refractivity contribution in [3.8, 4) is 11.5 Å². The van der Waals surface area contributed by atoms with Gasteiger partial charge in [0.15, 0.2) is 0 Å². The molecule has 0 atom stereocenters. The summed E-state index contributed by atoms with van der Waals surface area (Å²) in [7, 11) is 0. The lowest BCUT2D eigenvalue weighted by molar-refractivity contribution is 0.446. The summed E-state index contributed by atoms with van der Waals surface area (Å²) in [6, 6.07) is 16.8. The third-order valence-electron chi connectivity index (χ3n) is 7.64. The van der Waals surface area contributed by atoms with Crippen LogP contribution in [0.2, 0.25) is 0 Å². The molecule has 0 aliphatic heterocycles. The Hall–Kier alpha value is -3.78. The Morgan fingerprint density at radius 3 is 1.29 bits per heavy atom. The zero-order chi connectivity index (χ0) is 28.1. The highest BCUT2D eigenvalue weighted by Crippen LogP contribution is 2.43. The van der Waals surface area contributed by atoms with Crippen molar-refractivity contribution in [3.63, 3.8) is 0 Å². The van der Waals surface area contributed by atoms with Gasteiger partial charge < -0.3 is 10.2 Å². The van der Waals surface area contributed by atoms with Gasteiger partial charge in [0.25, 0.3) is 0 Å². The van der Waals surface area contributed by atoms with E-state index in [-0.39, 0.29) is 0 Å². The molecule has 0 aliphatic rings. The maximum absolute atomic E-state index is 11.3. The van der Waals surface area contributed by atoms with Crippen molar-refractivity contribution in [3.05, 3.63) is 144 Å². The molecular formula is C36H42O2. The molecule has 2 heteroatoms. The highest BCUT2D eigenvalue weighted by Gasteiger charge is 2.32. The molecule has 0 spiro atoms. The summed E-state index contributed by atoms with van der Waals surface area (Å²) in [5.74, 6) is 0.632. The SMILES string of the molecule is C=CCc1cc(CC=C)c(O)c(C(C)(C)c2cccc(C(C)(C)c3cc(CC=C)cc(CC=C)c3O)c2)c1. The summed E-state index contributed by atoms with van der Waals surface area (Å²) in [5, 5.41) is 22.6. The van der Waals surface area contributed by atoms with Crippen LogP contribution < -0.4 is 0 Å². The molecule has 3 aromatic rings. The third kappa shape index (κ3) is 5.70. The second kappa shape index (κ2) is 11.7. The first-order valence-electron chi connectivity index (χ1n) is 13.3. The summed E-state index contributed by atoms with van der Waals surface area (Å²) in [6.07, 6.45) is 10.1. The molecule has 2 nitrogen and oxygen atoms in total. The molecule has 0 bridgehead atoms. The number of hydrogen-bond donors (Lipinski definition) is 2. The molecule has 0 fully saturated rings. The summed E-state index contributed by atoms with van der Waals surface area (Å²) in [5.41, 5.74) is 6.99. The van der Waals surface area contributed by atoms with E-state index in [1.165, 1.54) is 0 Å². The molecule has 0 aromatic heterocycles. The molecular weight excluding hydrogens is 464 g/mol. The van der Waals surface area contributed by atoms with Crippen LogP contribution in [0.25, 0.3) is 0 Å². The van der Waals surface area contributed by atoms with Crippen LogP contribution in [0.5, 0.6) is 11.5 Å². The van der Waals surface area contributed by atoms with Gasteiger partial charge in [-0.15, -0.1) is 26.3 Å². The van der Waals surface area contributed by atoms with Gasteiger partial charge in [0.05, 0.1) is 0 Å². The van der Waals surface area contributed by atoms with Crippen LogP contribution in [0.15, 0.2) is 99.2 Å². The smallest absolute Gasteiger partial charge is 0.123 e. The van der Waals surface area contributed by atoms with E-state index in [0.29, 0.717) is 24.3 Å². The van der Waals surface area contributed by atoms with Crippen molar-refractivity contribution in [2.75, 3.05) is 0 Å². The minimum Gasteiger partial charge on any atom is -0.507 e. The molecule has 0 unspecified atom stereocenters. The van der Waals surface area contributed by atoms with Crippen LogP contribution in [-0.4, -0.2) is 10.2 Å². The number of allylic oxidation sites excluding steroid dienone is 4. The second-order valence-corrected chi connectivity index (χ2v) is 11.1. The van der Waals surface area contributed by atoms with E-state index in [4.69, 9.17) is 0 Å². The molecule has 0 radical (unpaired) electrons. The number of aromatic hydroxyl groups is 2. The first-order chi connectivity index (χ1) is 18.0. The zero-order valence-electron chi connectivity index (χ0n) is 23.5. The number of hydrogen-bond acceptors (Lipinski definition) is 2. The molecule has 0 saturated heterocycles. The lowest BCUT2D eigenvalue weighted by atomic mass is 9.72. The van der Waals surface area contributed by atoms with E-state index in [2.05, 4.69) is 90.4 Å². The Labute approximate surface area is 229 Å². The van der Waals surface area contributed by atoms with E-state index in [9.17, 15) is 10.2 Å². The molecule has 3 aromatic carbocycles. The number of phenols is 2. The van der Waals surface area contributed by atoms with E-state index < -0.39 is 10.8 Å². The molecule has 0 saturated carbocycles. The number of rotatable bonds is 12. The lowest BCUT2D eigenvalue weighted by Gasteiger charge is -2.32. The van der Waals surface area contributed by atoms with Gasteiger partial charge in [-0.3, -0.25) is 0 Å². The second-order valence-electron chi connectivity index (χ2n) is 11.1. The first-order valence-corrected chi connectivity index (χ1v) is 13.3. The Morgan fingerprint density at radius 1 is 0.579 bits per heavy atom. The quantitative estimate of drug-likeness (QED) is 0.241. The van der Waals surface area contributed by atoms with Crippen LogP contribution in [0.1, 0.15) is 72.2 Å². The van der Waals surface area contributed by atoms with Gasteiger partial charge in [0.1, 0.15) is 11.5 Å².